The van der Waals surface area contributed by atoms with Gasteiger partial charge in [0.15, 0.2) is 0 Å². The number of nitrogens with zero attached hydrogens (tertiary/aromatic N) is 3. The summed E-state index contributed by atoms with van der Waals surface area (Å²) in [7, 11) is 0. The lowest BCUT2D eigenvalue weighted by atomic mass is 10.1. The van der Waals surface area contributed by atoms with Gasteiger partial charge in [-0.3, -0.25) is 5.10 Å². The first kappa shape index (κ1) is 16.5. The van der Waals surface area contributed by atoms with Crippen LogP contribution in [0.5, 0.6) is 5.75 Å². The number of hydrogen-bond donors (Lipinski definition) is 1. The minimum absolute atomic E-state index is 0.0869. The average Bonchev–Trinajstić information content (AvgIpc) is 3.27. The zero-order valence-electron chi connectivity index (χ0n) is 15.4. The van der Waals surface area contributed by atoms with Crippen LogP contribution in [-0.4, -0.2) is 40.5 Å². The van der Waals surface area contributed by atoms with Gasteiger partial charge in [0.1, 0.15) is 23.4 Å². The van der Waals surface area contributed by atoms with E-state index >= 15 is 0 Å². The normalized spacial score (nSPS) is 22.5. The molecule has 2 aromatic heterocycles. The number of aromatic amines is 1. The van der Waals surface area contributed by atoms with Crippen molar-refractivity contribution in [3.63, 3.8) is 0 Å². The quantitative estimate of drug-likeness (QED) is 0.729. The van der Waals surface area contributed by atoms with Gasteiger partial charge < -0.3 is 9.64 Å². The highest BCUT2D eigenvalue weighted by Crippen LogP contribution is 2.34. The Morgan fingerprint density at radius 3 is 2.89 bits per heavy atom. The number of ether oxygens (including phenoxy) is 1. The van der Waals surface area contributed by atoms with Crippen LogP contribution in [0.1, 0.15) is 26.2 Å². The minimum atomic E-state index is -0.784. The van der Waals surface area contributed by atoms with Gasteiger partial charge in [0.2, 0.25) is 0 Å². The summed E-state index contributed by atoms with van der Waals surface area (Å²) < 4.78 is 20.1. The second-order valence-electron chi connectivity index (χ2n) is 7.59. The van der Waals surface area contributed by atoms with Crippen LogP contribution in [0.3, 0.4) is 0 Å². The van der Waals surface area contributed by atoms with E-state index in [0.29, 0.717) is 12.6 Å². The summed E-state index contributed by atoms with van der Waals surface area (Å²) in [6.07, 6.45) is 4.48. The van der Waals surface area contributed by atoms with Crippen LogP contribution >= 0.6 is 0 Å². The Labute approximate surface area is 157 Å². The summed E-state index contributed by atoms with van der Waals surface area (Å²) >= 11 is 0. The van der Waals surface area contributed by atoms with E-state index < -0.39 is 6.17 Å². The van der Waals surface area contributed by atoms with Crippen molar-refractivity contribution in [3.05, 3.63) is 36.5 Å². The molecule has 2 aliphatic rings. The van der Waals surface area contributed by atoms with E-state index in [4.69, 9.17) is 4.74 Å². The van der Waals surface area contributed by atoms with Crippen LogP contribution < -0.4 is 9.64 Å². The van der Waals surface area contributed by atoms with Crippen molar-refractivity contribution in [3.8, 4) is 17.0 Å². The van der Waals surface area contributed by atoms with E-state index in [-0.39, 0.29) is 5.92 Å². The molecule has 1 aliphatic carbocycles. The number of aromatic nitrogens is 3. The van der Waals surface area contributed by atoms with Crippen LogP contribution in [0.15, 0.2) is 36.5 Å². The third-order valence-corrected chi connectivity index (χ3v) is 5.59. The second-order valence-corrected chi connectivity index (χ2v) is 7.59. The number of H-pyrrole nitrogens is 1. The van der Waals surface area contributed by atoms with Gasteiger partial charge in [0.25, 0.3) is 0 Å². The molecule has 0 radical (unpaired) electrons. The van der Waals surface area contributed by atoms with Crippen molar-refractivity contribution in [1.82, 2.24) is 15.2 Å². The fourth-order valence-electron chi connectivity index (χ4n) is 3.81. The summed E-state index contributed by atoms with van der Waals surface area (Å²) in [5.41, 5.74) is 2.82. The average molecular weight is 366 g/mol. The first-order valence-corrected chi connectivity index (χ1v) is 9.71. The van der Waals surface area contributed by atoms with Gasteiger partial charge in [-0.2, -0.15) is 5.10 Å². The molecule has 0 amide bonds. The Balaban J connectivity index is 1.47. The van der Waals surface area contributed by atoms with Crippen LogP contribution in [0.2, 0.25) is 0 Å². The monoisotopic (exact) mass is 366 g/mol. The first-order chi connectivity index (χ1) is 13.2. The zero-order valence-corrected chi connectivity index (χ0v) is 15.4. The van der Waals surface area contributed by atoms with Crippen molar-refractivity contribution in [1.29, 1.82) is 0 Å². The summed E-state index contributed by atoms with van der Waals surface area (Å²) in [5.74, 6) is 1.78. The van der Waals surface area contributed by atoms with Gasteiger partial charge in [0, 0.05) is 29.6 Å². The van der Waals surface area contributed by atoms with Gasteiger partial charge >= 0.3 is 0 Å². The highest BCUT2D eigenvalue weighted by molar-refractivity contribution is 5.94. The fraction of sp³-hybridized carbons (Fsp3) is 0.429. The Kier molecular flexibility index (Phi) is 3.99. The molecule has 0 spiro atoms. The van der Waals surface area contributed by atoms with Gasteiger partial charge in [-0.15, -0.1) is 0 Å². The van der Waals surface area contributed by atoms with E-state index in [1.807, 2.05) is 42.2 Å². The maximum absolute atomic E-state index is 14.2. The topological polar surface area (TPSA) is 54.0 Å². The SMILES string of the molecule is CC[C@H]1CN(c2cc(-c3n[nH]c4ccc(OC5CC5)cc34)ccn2)C[C@@H]1F. The molecule has 0 bridgehead atoms. The Morgan fingerprint density at radius 2 is 2.11 bits per heavy atom. The summed E-state index contributed by atoms with van der Waals surface area (Å²) in [6, 6.07) is 10.00. The molecule has 1 N–H and O–H groups in total. The molecule has 1 aliphatic heterocycles. The molecule has 1 saturated heterocycles. The lowest BCUT2D eigenvalue weighted by molar-refractivity contribution is 0.279. The molecule has 1 aromatic carbocycles. The lowest BCUT2D eigenvalue weighted by Gasteiger charge is -2.17. The van der Waals surface area contributed by atoms with Gasteiger partial charge in [0.05, 0.1) is 18.2 Å². The van der Waals surface area contributed by atoms with Gasteiger partial charge in [-0.25, -0.2) is 9.37 Å². The number of hydrogen-bond acceptors (Lipinski definition) is 4. The van der Waals surface area contributed by atoms with Crippen molar-refractivity contribution >= 4 is 16.7 Å². The fourth-order valence-corrected chi connectivity index (χ4v) is 3.81. The Hall–Kier alpha value is -2.63. The maximum Gasteiger partial charge on any atom is 0.129 e. The number of halogens is 1. The Bertz CT molecular complexity index is 968. The van der Waals surface area contributed by atoms with Crippen LogP contribution in [-0.2, 0) is 0 Å². The first-order valence-electron chi connectivity index (χ1n) is 9.71. The van der Waals surface area contributed by atoms with Crippen molar-refractivity contribution in [2.24, 2.45) is 5.92 Å². The molecule has 1 saturated carbocycles. The largest absolute Gasteiger partial charge is 0.490 e. The van der Waals surface area contributed by atoms with Crippen LogP contribution in [0, 0.1) is 5.92 Å². The number of anilines is 1. The molecule has 2 atom stereocenters. The molecule has 5 rings (SSSR count). The number of nitrogens with one attached hydrogen (secondary N) is 1. The van der Waals surface area contributed by atoms with Crippen LogP contribution in [0.4, 0.5) is 10.2 Å². The summed E-state index contributed by atoms with van der Waals surface area (Å²) in [4.78, 5) is 6.52. The summed E-state index contributed by atoms with van der Waals surface area (Å²) in [5, 5.41) is 8.64. The maximum atomic E-state index is 14.2. The van der Waals surface area contributed by atoms with E-state index in [9.17, 15) is 4.39 Å². The molecular formula is C21H23FN4O. The van der Waals surface area contributed by atoms with E-state index in [1.165, 1.54) is 0 Å². The number of pyridine rings is 1. The molecule has 27 heavy (non-hydrogen) atoms. The molecule has 3 heterocycles. The molecule has 3 aromatic rings. The Morgan fingerprint density at radius 1 is 1.22 bits per heavy atom. The van der Waals surface area contributed by atoms with Crippen molar-refractivity contribution in [2.45, 2.75) is 38.5 Å². The highest BCUT2D eigenvalue weighted by atomic mass is 19.1. The number of fused-ring (bicyclic) bond motifs is 1. The second kappa shape index (κ2) is 6.51. The number of rotatable bonds is 5. The molecule has 6 heteroatoms. The highest BCUT2D eigenvalue weighted by Gasteiger charge is 2.32. The molecule has 0 unspecified atom stereocenters. The molecule has 140 valence electrons. The third kappa shape index (κ3) is 3.13. The predicted octanol–water partition coefficient (Wildman–Crippen LogP) is 4.35. The number of benzene rings is 1. The predicted molar refractivity (Wildman–Crippen MR) is 104 cm³/mol. The molecule has 5 nitrogen and oxygen atoms in total. The third-order valence-electron chi connectivity index (χ3n) is 5.59. The van der Waals surface area contributed by atoms with Crippen molar-refractivity contribution in [2.75, 3.05) is 18.0 Å². The van der Waals surface area contributed by atoms with Gasteiger partial charge in [-0.05, 0) is 49.6 Å². The number of alkyl halides is 1. The lowest BCUT2D eigenvalue weighted by Crippen LogP contribution is -2.21. The van der Waals surface area contributed by atoms with Crippen molar-refractivity contribution < 1.29 is 9.13 Å². The minimum Gasteiger partial charge on any atom is -0.490 e. The van der Waals surface area contributed by atoms with E-state index in [2.05, 4.69) is 15.2 Å². The molecule has 2 fully saturated rings. The zero-order chi connectivity index (χ0) is 18.4. The van der Waals surface area contributed by atoms with Gasteiger partial charge in [-0.1, -0.05) is 6.92 Å². The van der Waals surface area contributed by atoms with E-state index in [1.54, 1.807) is 6.20 Å². The van der Waals surface area contributed by atoms with E-state index in [0.717, 1.165) is 59.5 Å². The standard InChI is InChI=1S/C21H23FN4O/c1-2-13-11-26(12-18(13)22)20-9-14(7-8-23-20)21-17-10-16(27-15-3-4-15)5-6-19(17)24-25-21/h5-10,13,15,18H,2-4,11-12H2,1H3,(H,24,25)/t13-,18-/m0/s1. The molecular weight excluding hydrogens is 343 g/mol. The smallest absolute Gasteiger partial charge is 0.129 e. The van der Waals surface area contributed by atoms with Crippen LogP contribution in [0.25, 0.3) is 22.2 Å². The summed E-state index contributed by atoms with van der Waals surface area (Å²) in [6.45, 7) is 3.17.